The summed E-state index contributed by atoms with van der Waals surface area (Å²) in [6.45, 7) is 3.41. The molecule has 0 radical (unpaired) electrons. The van der Waals surface area contributed by atoms with Crippen molar-refractivity contribution in [1.29, 1.82) is 0 Å². The Balaban J connectivity index is 4.65. The molecule has 2 atom stereocenters. The molecule has 0 fully saturated rings. The van der Waals surface area contributed by atoms with Gasteiger partial charge in [-0.1, -0.05) is 6.92 Å². The first-order chi connectivity index (χ1) is 7.42. The molecule has 96 valence electrons. The molecule has 5 nitrogen and oxygen atoms in total. The second-order valence-corrected chi connectivity index (χ2v) is 3.95. The van der Waals surface area contributed by atoms with Gasteiger partial charge in [0.05, 0.1) is 18.6 Å². The van der Waals surface area contributed by atoms with Crippen LogP contribution in [0.2, 0.25) is 0 Å². The average Bonchev–Trinajstić information content (AvgIpc) is 2.26. The fourth-order valence-electron chi connectivity index (χ4n) is 1.75. The van der Waals surface area contributed by atoms with Crippen molar-refractivity contribution in [2.45, 2.75) is 38.6 Å². The van der Waals surface area contributed by atoms with Crippen LogP contribution >= 0.6 is 0 Å². The predicted molar refractivity (Wildman–Crippen MR) is 58.8 cm³/mol. The molecule has 0 rings (SSSR count). The number of rotatable bonds is 7. The maximum atomic E-state index is 11.5. The van der Waals surface area contributed by atoms with Crippen molar-refractivity contribution in [1.82, 2.24) is 0 Å². The molecule has 1 N–H and O–H groups in total. The van der Waals surface area contributed by atoms with Gasteiger partial charge in [-0.15, -0.1) is 0 Å². The lowest BCUT2D eigenvalue weighted by Crippen LogP contribution is -2.43. The molecule has 0 aromatic carbocycles. The molecule has 0 aromatic heterocycles. The molecular formula is C11H22O5. The van der Waals surface area contributed by atoms with Gasteiger partial charge in [0, 0.05) is 20.6 Å². The Bertz CT molecular complexity index is 210. The molecule has 0 bridgehead atoms. The standard InChI is InChI=1S/C11H22O5/c1-6-8(10(12)16-5)11(2,13)7-9(14-3)15-4/h8-9,13H,6-7H2,1-5H3. The lowest BCUT2D eigenvalue weighted by atomic mass is 9.84. The zero-order chi connectivity index (χ0) is 12.8. The van der Waals surface area contributed by atoms with E-state index in [-0.39, 0.29) is 6.42 Å². The lowest BCUT2D eigenvalue weighted by molar-refractivity contribution is -0.171. The number of carbonyl (C=O) groups is 1. The van der Waals surface area contributed by atoms with Crippen molar-refractivity contribution in [2.24, 2.45) is 5.92 Å². The number of methoxy groups -OCH3 is 3. The lowest BCUT2D eigenvalue weighted by Gasteiger charge is -2.32. The number of hydrogen-bond donors (Lipinski definition) is 1. The van der Waals surface area contributed by atoms with Crippen LogP contribution in [0.3, 0.4) is 0 Å². The Kier molecular flexibility index (Phi) is 6.55. The van der Waals surface area contributed by atoms with Crippen molar-refractivity contribution in [3.63, 3.8) is 0 Å². The van der Waals surface area contributed by atoms with Gasteiger partial charge < -0.3 is 19.3 Å². The SMILES string of the molecule is CCC(C(=O)OC)C(C)(O)CC(OC)OC. The smallest absolute Gasteiger partial charge is 0.311 e. The van der Waals surface area contributed by atoms with Crippen LogP contribution in [0.1, 0.15) is 26.7 Å². The van der Waals surface area contributed by atoms with Crippen LogP contribution in [-0.2, 0) is 19.0 Å². The third kappa shape index (κ3) is 4.08. The van der Waals surface area contributed by atoms with Crippen LogP contribution in [0.5, 0.6) is 0 Å². The molecule has 0 amide bonds. The van der Waals surface area contributed by atoms with Gasteiger partial charge in [0.15, 0.2) is 6.29 Å². The molecule has 0 aliphatic rings. The molecule has 2 unspecified atom stereocenters. The van der Waals surface area contributed by atoms with Crippen molar-refractivity contribution < 1.29 is 24.1 Å². The van der Waals surface area contributed by atoms with E-state index in [4.69, 9.17) is 9.47 Å². The summed E-state index contributed by atoms with van der Waals surface area (Å²) in [4.78, 5) is 11.5. The maximum Gasteiger partial charge on any atom is 0.311 e. The molecule has 0 aliphatic heterocycles. The highest BCUT2D eigenvalue weighted by molar-refractivity contribution is 5.73. The average molecular weight is 234 g/mol. The molecule has 5 heteroatoms. The zero-order valence-corrected chi connectivity index (χ0v) is 10.6. The molecule has 0 aliphatic carbocycles. The van der Waals surface area contributed by atoms with Crippen LogP contribution in [-0.4, -0.2) is 44.3 Å². The first-order valence-electron chi connectivity index (χ1n) is 5.28. The van der Waals surface area contributed by atoms with Crippen molar-refractivity contribution >= 4 is 5.97 Å². The van der Waals surface area contributed by atoms with Gasteiger partial charge in [-0.3, -0.25) is 4.79 Å². The topological polar surface area (TPSA) is 65.0 Å². The minimum absolute atomic E-state index is 0.216. The van der Waals surface area contributed by atoms with E-state index < -0.39 is 23.8 Å². The first-order valence-corrected chi connectivity index (χ1v) is 5.28. The Morgan fingerprint density at radius 2 is 1.81 bits per heavy atom. The maximum absolute atomic E-state index is 11.5. The quantitative estimate of drug-likeness (QED) is 0.524. The van der Waals surface area contributed by atoms with Gasteiger partial charge in [0.1, 0.15) is 0 Å². The second kappa shape index (κ2) is 6.83. The van der Waals surface area contributed by atoms with Crippen molar-refractivity contribution in [3.05, 3.63) is 0 Å². The van der Waals surface area contributed by atoms with E-state index in [1.54, 1.807) is 6.92 Å². The summed E-state index contributed by atoms with van der Waals surface area (Å²) in [5.41, 5.74) is -1.21. The van der Waals surface area contributed by atoms with Gasteiger partial charge in [0.2, 0.25) is 0 Å². The first kappa shape index (κ1) is 15.3. The van der Waals surface area contributed by atoms with Gasteiger partial charge in [-0.05, 0) is 13.3 Å². The third-order valence-electron chi connectivity index (χ3n) is 2.75. The van der Waals surface area contributed by atoms with E-state index in [9.17, 15) is 9.90 Å². The number of ether oxygens (including phenoxy) is 3. The van der Waals surface area contributed by atoms with Gasteiger partial charge in [-0.25, -0.2) is 0 Å². The van der Waals surface area contributed by atoms with Gasteiger partial charge in [0.25, 0.3) is 0 Å². The second-order valence-electron chi connectivity index (χ2n) is 3.95. The van der Waals surface area contributed by atoms with E-state index in [0.29, 0.717) is 6.42 Å². The molecule has 0 spiro atoms. The summed E-state index contributed by atoms with van der Waals surface area (Å²) in [5.74, 6) is -0.997. The summed E-state index contributed by atoms with van der Waals surface area (Å²) in [6.07, 6.45) is 0.182. The zero-order valence-electron chi connectivity index (χ0n) is 10.6. The fourth-order valence-corrected chi connectivity index (χ4v) is 1.75. The largest absolute Gasteiger partial charge is 0.469 e. The number of esters is 1. The Morgan fingerprint density at radius 1 is 1.31 bits per heavy atom. The minimum Gasteiger partial charge on any atom is -0.469 e. The fraction of sp³-hybridized carbons (Fsp3) is 0.909. The summed E-state index contributed by atoms with van der Waals surface area (Å²) in [6, 6.07) is 0. The van der Waals surface area contributed by atoms with E-state index in [0.717, 1.165) is 0 Å². The van der Waals surface area contributed by atoms with Crippen LogP contribution in [0.15, 0.2) is 0 Å². The van der Waals surface area contributed by atoms with Crippen molar-refractivity contribution in [3.8, 4) is 0 Å². The summed E-state index contributed by atoms with van der Waals surface area (Å²) in [7, 11) is 4.29. The normalized spacial score (nSPS) is 16.9. The van der Waals surface area contributed by atoms with E-state index in [2.05, 4.69) is 4.74 Å². The monoisotopic (exact) mass is 234 g/mol. The predicted octanol–water partition coefficient (Wildman–Crippen LogP) is 0.946. The molecule has 0 saturated heterocycles. The molecule has 0 aromatic rings. The Hall–Kier alpha value is -0.650. The highest BCUT2D eigenvalue weighted by Crippen LogP contribution is 2.27. The molecule has 16 heavy (non-hydrogen) atoms. The molecule has 0 saturated carbocycles. The number of aliphatic hydroxyl groups is 1. The highest BCUT2D eigenvalue weighted by atomic mass is 16.7. The van der Waals surface area contributed by atoms with Crippen molar-refractivity contribution in [2.75, 3.05) is 21.3 Å². The third-order valence-corrected chi connectivity index (χ3v) is 2.75. The van der Waals surface area contributed by atoms with Gasteiger partial charge >= 0.3 is 5.97 Å². The number of carbonyl (C=O) groups excluding carboxylic acids is 1. The van der Waals surface area contributed by atoms with Crippen LogP contribution in [0, 0.1) is 5.92 Å². The van der Waals surface area contributed by atoms with E-state index >= 15 is 0 Å². The minimum atomic E-state index is -1.21. The highest BCUT2D eigenvalue weighted by Gasteiger charge is 2.38. The van der Waals surface area contributed by atoms with Gasteiger partial charge in [-0.2, -0.15) is 0 Å². The van der Waals surface area contributed by atoms with E-state index in [1.807, 2.05) is 6.92 Å². The summed E-state index contributed by atoms with van der Waals surface area (Å²) in [5, 5.41) is 10.2. The molecule has 0 heterocycles. The Morgan fingerprint density at radius 3 is 2.12 bits per heavy atom. The van der Waals surface area contributed by atoms with Crippen LogP contribution in [0.25, 0.3) is 0 Å². The van der Waals surface area contributed by atoms with Crippen LogP contribution < -0.4 is 0 Å². The number of hydrogen-bond acceptors (Lipinski definition) is 5. The molecular weight excluding hydrogens is 212 g/mol. The Labute approximate surface area is 96.7 Å². The summed E-state index contributed by atoms with van der Waals surface area (Å²) < 4.78 is 14.7. The van der Waals surface area contributed by atoms with E-state index in [1.165, 1.54) is 21.3 Å². The van der Waals surface area contributed by atoms with Crippen LogP contribution in [0.4, 0.5) is 0 Å². The summed E-state index contributed by atoms with van der Waals surface area (Å²) >= 11 is 0.